The third kappa shape index (κ3) is 5.36. The number of aryl methyl sites for hydroxylation is 1. The average molecular weight is 341 g/mol. The predicted molar refractivity (Wildman–Crippen MR) is 102 cm³/mol. The number of primary amides is 1. The van der Waals surface area contributed by atoms with Gasteiger partial charge in [-0.3, -0.25) is 0 Å². The van der Waals surface area contributed by atoms with Gasteiger partial charge in [0.25, 0.3) is 0 Å². The van der Waals surface area contributed by atoms with E-state index in [4.69, 9.17) is 18.0 Å². The molecule has 2 aromatic rings. The van der Waals surface area contributed by atoms with Gasteiger partial charge < -0.3 is 16.4 Å². The van der Waals surface area contributed by atoms with Gasteiger partial charge in [0, 0.05) is 11.4 Å². The van der Waals surface area contributed by atoms with Crippen LogP contribution in [0.15, 0.2) is 53.6 Å². The van der Waals surface area contributed by atoms with Gasteiger partial charge in [0.1, 0.15) is 0 Å². The number of rotatable bonds is 4. The lowest BCUT2D eigenvalue weighted by Crippen LogP contribution is -2.25. The van der Waals surface area contributed by atoms with Crippen molar-refractivity contribution < 1.29 is 4.79 Å². The van der Waals surface area contributed by atoms with Gasteiger partial charge >= 0.3 is 6.03 Å². The Kier molecular flexibility index (Phi) is 5.86. The molecule has 0 fully saturated rings. The smallest absolute Gasteiger partial charge is 0.332 e. The summed E-state index contributed by atoms with van der Waals surface area (Å²) in [7, 11) is 0. The molecule has 0 unspecified atom stereocenters. The van der Waals surface area contributed by atoms with Gasteiger partial charge in [0.05, 0.1) is 5.71 Å². The number of amides is 2. The van der Waals surface area contributed by atoms with Crippen molar-refractivity contribution in [2.45, 2.75) is 13.8 Å². The number of hydrazone groups is 1. The minimum absolute atomic E-state index is 0.487. The number of urea groups is 1. The van der Waals surface area contributed by atoms with Crippen LogP contribution < -0.4 is 21.8 Å². The summed E-state index contributed by atoms with van der Waals surface area (Å²) in [6, 6.07) is 14.8. The van der Waals surface area contributed by atoms with Crippen LogP contribution in [-0.4, -0.2) is 16.9 Å². The summed E-state index contributed by atoms with van der Waals surface area (Å²) in [5.41, 5.74) is 11.6. The fraction of sp³-hybridized carbons (Fsp3) is 0.118. The first-order valence-electron chi connectivity index (χ1n) is 7.29. The molecular weight excluding hydrogens is 322 g/mol. The molecule has 2 aromatic carbocycles. The molecule has 124 valence electrons. The van der Waals surface area contributed by atoms with E-state index in [1.807, 2.05) is 55.5 Å². The van der Waals surface area contributed by atoms with Crippen LogP contribution in [0.4, 0.5) is 16.2 Å². The van der Waals surface area contributed by atoms with E-state index in [0.29, 0.717) is 10.8 Å². The number of anilines is 2. The second-order valence-electron chi connectivity index (χ2n) is 5.20. The zero-order chi connectivity index (χ0) is 17.5. The van der Waals surface area contributed by atoms with E-state index in [1.165, 1.54) is 5.56 Å². The Labute approximate surface area is 146 Å². The third-order valence-electron chi connectivity index (χ3n) is 3.18. The molecule has 0 radical (unpaired) electrons. The molecule has 0 spiro atoms. The Morgan fingerprint density at radius 3 is 2.42 bits per heavy atom. The van der Waals surface area contributed by atoms with Gasteiger partial charge in [0.2, 0.25) is 0 Å². The van der Waals surface area contributed by atoms with Crippen molar-refractivity contribution >= 4 is 40.4 Å². The molecule has 0 saturated heterocycles. The quantitative estimate of drug-likeness (QED) is 0.390. The number of thiocarbonyl (C=S) groups is 1. The topological polar surface area (TPSA) is 91.5 Å². The van der Waals surface area contributed by atoms with Crippen molar-refractivity contribution in [3.05, 3.63) is 59.7 Å². The number of nitrogens with zero attached hydrogens (tertiary/aromatic N) is 1. The molecule has 0 aromatic heterocycles. The maximum absolute atomic E-state index is 10.7. The number of hydrogen-bond donors (Lipinski definition) is 4. The standard InChI is InChI=1S/C17H19N5OS/c1-11-6-8-14(9-7-11)19-17(24)20-15-5-3-4-13(10-15)12(2)21-22-16(18)23/h3-10H,1-2H3,(H3,18,22,23)(H2,19,20,24)/b21-12+. The number of hydrogen-bond acceptors (Lipinski definition) is 3. The Bertz CT molecular complexity index is 771. The van der Waals surface area contributed by atoms with E-state index in [0.717, 1.165) is 16.9 Å². The lowest BCUT2D eigenvalue weighted by atomic mass is 10.1. The highest BCUT2D eigenvalue weighted by atomic mass is 32.1. The fourth-order valence-electron chi connectivity index (χ4n) is 1.96. The van der Waals surface area contributed by atoms with E-state index in [2.05, 4.69) is 21.2 Å². The molecule has 24 heavy (non-hydrogen) atoms. The molecule has 6 nitrogen and oxygen atoms in total. The van der Waals surface area contributed by atoms with Gasteiger partial charge in [0.15, 0.2) is 5.11 Å². The van der Waals surface area contributed by atoms with Crippen molar-refractivity contribution in [2.75, 3.05) is 10.6 Å². The number of carbonyl (C=O) groups is 1. The highest BCUT2D eigenvalue weighted by Gasteiger charge is 2.03. The van der Waals surface area contributed by atoms with E-state index >= 15 is 0 Å². The maximum atomic E-state index is 10.7. The summed E-state index contributed by atoms with van der Waals surface area (Å²) in [5, 5.41) is 10.6. The average Bonchev–Trinajstić information content (AvgIpc) is 2.55. The molecule has 7 heteroatoms. The SMILES string of the molecule is C/C(=N\NC(N)=O)c1cccc(NC(=S)Nc2ccc(C)cc2)c1. The summed E-state index contributed by atoms with van der Waals surface area (Å²) in [6.45, 7) is 3.81. The zero-order valence-electron chi connectivity index (χ0n) is 13.5. The highest BCUT2D eigenvalue weighted by molar-refractivity contribution is 7.80. The van der Waals surface area contributed by atoms with Gasteiger partial charge in [-0.15, -0.1) is 0 Å². The second kappa shape index (κ2) is 8.07. The Morgan fingerprint density at radius 2 is 1.75 bits per heavy atom. The molecule has 0 aliphatic rings. The van der Waals surface area contributed by atoms with E-state index in [1.54, 1.807) is 6.92 Å². The van der Waals surface area contributed by atoms with E-state index in [-0.39, 0.29) is 0 Å². The summed E-state index contributed by atoms with van der Waals surface area (Å²) in [5.74, 6) is 0. The summed E-state index contributed by atoms with van der Waals surface area (Å²) in [6.07, 6.45) is 0. The molecule has 5 N–H and O–H groups in total. The van der Waals surface area contributed by atoms with Crippen LogP contribution in [0, 0.1) is 6.92 Å². The summed E-state index contributed by atoms with van der Waals surface area (Å²) in [4.78, 5) is 10.7. The maximum Gasteiger partial charge on any atom is 0.332 e. The van der Waals surface area contributed by atoms with Gasteiger partial charge in [-0.2, -0.15) is 5.10 Å². The Morgan fingerprint density at radius 1 is 1.08 bits per heavy atom. The number of benzene rings is 2. The first-order valence-corrected chi connectivity index (χ1v) is 7.70. The first-order chi connectivity index (χ1) is 11.4. The third-order valence-corrected chi connectivity index (χ3v) is 3.39. The number of carbonyl (C=O) groups excluding carboxylic acids is 1. The van der Waals surface area contributed by atoms with Crippen molar-refractivity contribution in [3.63, 3.8) is 0 Å². The van der Waals surface area contributed by atoms with Crippen LogP contribution in [0.3, 0.4) is 0 Å². The van der Waals surface area contributed by atoms with Crippen molar-refractivity contribution in [2.24, 2.45) is 10.8 Å². The zero-order valence-corrected chi connectivity index (χ0v) is 14.3. The van der Waals surface area contributed by atoms with Crippen LogP contribution in [0.2, 0.25) is 0 Å². The van der Waals surface area contributed by atoms with Crippen LogP contribution in [0.25, 0.3) is 0 Å². The van der Waals surface area contributed by atoms with Gasteiger partial charge in [-0.25, -0.2) is 10.2 Å². The molecule has 0 aliphatic carbocycles. The highest BCUT2D eigenvalue weighted by Crippen LogP contribution is 2.13. The molecule has 0 heterocycles. The summed E-state index contributed by atoms with van der Waals surface area (Å²) >= 11 is 5.32. The van der Waals surface area contributed by atoms with Crippen LogP contribution in [0.5, 0.6) is 0 Å². The molecule has 0 atom stereocenters. The monoisotopic (exact) mass is 341 g/mol. The molecule has 0 bridgehead atoms. The predicted octanol–water partition coefficient (Wildman–Crippen LogP) is 3.20. The molecular formula is C17H19N5OS. The lowest BCUT2D eigenvalue weighted by Gasteiger charge is -2.12. The lowest BCUT2D eigenvalue weighted by molar-refractivity contribution is 0.249. The van der Waals surface area contributed by atoms with E-state index in [9.17, 15) is 4.79 Å². The van der Waals surface area contributed by atoms with Crippen molar-refractivity contribution in [3.8, 4) is 0 Å². The van der Waals surface area contributed by atoms with Crippen molar-refractivity contribution in [1.29, 1.82) is 0 Å². The second-order valence-corrected chi connectivity index (χ2v) is 5.61. The Balaban J connectivity index is 2.03. The largest absolute Gasteiger partial charge is 0.350 e. The summed E-state index contributed by atoms with van der Waals surface area (Å²) < 4.78 is 0. The fourth-order valence-corrected chi connectivity index (χ4v) is 2.19. The van der Waals surface area contributed by atoms with Crippen LogP contribution in [-0.2, 0) is 0 Å². The minimum atomic E-state index is -0.702. The molecule has 2 amide bonds. The number of nitrogens with two attached hydrogens (primary N) is 1. The van der Waals surface area contributed by atoms with Crippen LogP contribution >= 0.6 is 12.2 Å². The molecule has 0 saturated carbocycles. The van der Waals surface area contributed by atoms with Gasteiger partial charge in [-0.05, 0) is 55.9 Å². The normalized spacial score (nSPS) is 10.8. The van der Waals surface area contributed by atoms with Crippen LogP contribution in [0.1, 0.15) is 18.1 Å². The molecule has 2 rings (SSSR count). The number of nitrogens with one attached hydrogen (secondary N) is 3. The minimum Gasteiger partial charge on any atom is -0.350 e. The molecule has 0 aliphatic heterocycles. The Hall–Kier alpha value is -2.93. The van der Waals surface area contributed by atoms with E-state index < -0.39 is 6.03 Å². The van der Waals surface area contributed by atoms with Gasteiger partial charge in [-0.1, -0.05) is 29.8 Å². The van der Waals surface area contributed by atoms with Crippen molar-refractivity contribution in [1.82, 2.24) is 5.43 Å². The first kappa shape index (κ1) is 17.4.